The molecule has 0 spiro atoms. The lowest BCUT2D eigenvalue weighted by atomic mass is 10.1. The Hall–Kier alpha value is -1.93. The topological polar surface area (TPSA) is 90.5 Å². The SMILES string of the molecule is COc1ccc(N(N)/C=C(\N)C(F)F)c(CN)c1F. The van der Waals surface area contributed by atoms with Gasteiger partial charge in [0.15, 0.2) is 11.6 Å². The monoisotopic (exact) mass is 276 g/mol. The molecule has 0 amide bonds. The summed E-state index contributed by atoms with van der Waals surface area (Å²) >= 11 is 0. The van der Waals surface area contributed by atoms with E-state index in [1.54, 1.807) is 0 Å². The van der Waals surface area contributed by atoms with Gasteiger partial charge in [-0.2, -0.15) is 0 Å². The minimum absolute atomic E-state index is 0.0107. The number of benzene rings is 1. The van der Waals surface area contributed by atoms with Crippen molar-refractivity contribution in [2.75, 3.05) is 12.1 Å². The van der Waals surface area contributed by atoms with Gasteiger partial charge < -0.3 is 16.2 Å². The van der Waals surface area contributed by atoms with E-state index in [-0.39, 0.29) is 23.5 Å². The molecule has 6 N–H and O–H groups in total. The molecular formula is C11H15F3N4O. The fourth-order valence-corrected chi connectivity index (χ4v) is 1.47. The van der Waals surface area contributed by atoms with Crippen LogP contribution in [0.5, 0.6) is 5.75 Å². The standard InChI is InChI=1S/C11H15F3N4O/c1-19-9-3-2-8(6(4-15)10(9)12)18(17)5-7(16)11(13)14/h2-3,5,11H,4,15-17H2,1H3/b7-5-. The van der Waals surface area contributed by atoms with Gasteiger partial charge in [0.25, 0.3) is 6.43 Å². The number of nitrogens with zero attached hydrogens (tertiary/aromatic N) is 1. The highest BCUT2D eigenvalue weighted by molar-refractivity contribution is 5.58. The number of anilines is 1. The Morgan fingerprint density at radius 3 is 2.58 bits per heavy atom. The Bertz CT molecular complexity index is 479. The van der Waals surface area contributed by atoms with E-state index >= 15 is 0 Å². The van der Waals surface area contributed by atoms with Crippen LogP contribution in [0.4, 0.5) is 18.9 Å². The van der Waals surface area contributed by atoms with Crippen LogP contribution < -0.4 is 27.1 Å². The Morgan fingerprint density at radius 2 is 2.11 bits per heavy atom. The third-order valence-corrected chi connectivity index (χ3v) is 2.43. The third kappa shape index (κ3) is 3.30. The molecule has 8 heteroatoms. The molecule has 0 radical (unpaired) electrons. The molecule has 1 rings (SSSR count). The summed E-state index contributed by atoms with van der Waals surface area (Å²) in [4.78, 5) is 0. The fraction of sp³-hybridized carbons (Fsp3) is 0.273. The highest BCUT2D eigenvalue weighted by Crippen LogP contribution is 2.28. The number of alkyl halides is 2. The number of nitrogens with two attached hydrogens (primary N) is 3. The molecule has 0 saturated heterocycles. The minimum atomic E-state index is -2.85. The first-order valence-electron chi connectivity index (χ1n) is 5.27. The summed E-state index contributed by atoms with van der Waals surface area (Å²) in [7, 11) is 1.30. The van der Waals surface area contributed by atoms with Gasteiger partial charge in [-0.05, 0) is 12.1 Å². The van der Waals surface area contributed by atoms with Crippen LogP contribution in [-0.4, -0.2) is 13.5 Å². The fourth-order valence-electron chi connectivity index (χ4n) is 1.47. The average Bonchev–Trinajstić information content (AvgIpc) is 2.37. The van der Waals surface area contributed by atoms with E-state index in [0.717, 1.165) is 11.2 Å². The van der Waals surface area contributed by atoms with Crippen molar-refractivity contribution in [3.63, 3.8) is 0 Å². The van der Waals surface area contributed by atoms with Gasteiger partial charge in [0.2, 0.25) is 0 Å². The first-order chi connectivity index (χ1) is 8.92. The van der Waals surface area contributed by atoms with Crippen LogP contribution >= 0.6 is 0 Å². The molecule has 19 heavy (non-hydrogen) atoms. The molecule has 0 bridgehead atoms. The molecule has 0 aliphatic heterocycles. The normalized spacial score (nSPS) is 11.8. The van der Waals surface area contributed by atoms with Gasteiger partial charge >= 0.3 is 0 Å². The molecule has 0 atom stereocenters. The maximum Gasteiger partial charge on any atom is 0.279 e. The predicted octanol–water partition coefficient (Wildman–Crippen LogP) is 1.04. The molecule has 1 aromatic carbocycles. The van der Waals surface area contributed by atoms with Crippen LogP contribution in [0.2, 0.25) is 0 Å². The van der Waals surface area contributed by atoms with E-state index in [2.05, 4.69) is 0 Å². The van der Waals surface area contributed by atoms with Crippen LogP contribution in [0.1, 0.15) is 5.56 Å². The van der Waals surface area contributed by atoms with E-state index in [1.165, 1.54) is 19.2 Å². The molecule has 106 valence electrons. The van der Waals surface area contributed by atoms with Crippen molar-refractivity contribution in [1.29, 1.82) is 0 Å². The van der Waals surface area contributed by atoms with Crippen molar-refractivity contribution in [1.82, 2.24) is 0 Å². The minimum Gasteiger partial charge on any atom is -0.494 e. The molecule has 5 nitrogen and oxygen atoms in total. The average molecular weight is 276 g/mol. The van der Waals surface area contributed by atoms with E-state index < -0.39 is 17.9 Å². The molecule has 0 heterocycles. The number of ether oxygens (including phenoxy) is 1. The quantitative estimate of drug-likeness (QED) is 0.552. The summed E-state index contributed by atoms with van der Waals surface area (Å²) in [5.74, 6) is 4.85. The van der Waals surface area contributed by atoms with Gasteiger partial charge in [-0.3, -0.25) is 5.01 Å². The zero-order valence-electron chi connectivity index (χ0n) is 10.2. The second-order valence-corrected chi connectivity index (χ2v) is 3.62. The van der Waals surface area contributed by atoms with Crippen molar-refractivity contribution in [2.45, 2.75) is 13.0 Å². The summed E-state index contributed by atoms with van der Waals surface area (Å²) in [6, 6.07) is 2.72. The van der Waals surface area contributed by atoms with Crippen LogP contribution in [0.25, 0.3) is 0 Å². The maximum atomic E-state index is 13.9. The highest BCUT2D eigenvalue weighted by Gasteiger charge is 2.16. The number of rotatable bonds is 5. The largest absolute Gasteiger partial charge is 0.494 e. The zero-order valence-corrected chi connectivity index (χ0v) is 10.2. The molecule has 0 aliphatic carbocycles. The molecule has 0 saturated carbocycles. The van der Waals surface area contributed by atoms with Gasteiger partial charge in [0.05, 0.1) is 18.5 Å². The van der Waals surface area contributed by atoms with Crippen LogP contribution in [0, 0.1) is 5.82 Å². The first-order valence-corrected chi connectivity index (χ1v) is 5.27. The highest BCUT2D eigenvalue weighted by atomic mass is 19.3. The number of hydrogen-bond acceptors (Lipinski definition) is 5. The van der Waals surface area contributed by atoms with Crippen molar-refractivity contribution in [2.24, 2.45) is 17.3 Å². The smallest absolute Gasteiger partial charge is 0.279 e. The van der Waals surface area contributed by atoms with Crippen LogP contribution in [-0.2, 0) is 6.54 Å². The molecule has 0 fully saturated rings. The van der Waals surface area contributed by atoms with Gasteiger partial charge in [-0.1, -0.05) is 0 Å². The first kappa shape index (κ1) is 15.1. The van der Waals surface area contributed by atoms with E-state index in [0.29, 0.717) is 0 Å². The van der Waals surface area contributed by atoms with E-state index in [4.69, 9.17) is 22.0 Å². The Balaban J connectivity index is 3.20. The van der Waals surface area contributed by atoms with E-state index in [9.17, 15) is 13.2 Å². The number of hydrogen-bond donors (Lipinski definition) is 3. The lowest BCUT2D eigenvalue weighted by Gasteiger charge is -2.19. The van der Waals surface area contributed by atoms with Crippen molar-refractivity contribution in [3.8, 4) is 5.75 Å². The van der Waals surface area contributed by atoms with Gasteiger partial charge in [-0.25, -0.2) is 19.0 Å². The Kier molecular flexibility index (Phi) is 5.02. The number of hydrazine groups is 1. The maximum absolute atomic E-state index is 13.9. The van der Waals surface area contributed by atoms with Crippen molar-refractivity contribution < 1.29 is 17.9 Å². The summed E-state index contributed by atoms with van der Waals surface area (Å²) in [6.45, 7) is -0.172. The van der Waals surface area contributed by atoms with Crippen molar-refractivity contribution in [3.05, 3.63) is 35.4 Å². The van der Waals surface area contributed by atoms with Crippen LogP contribution in [0.15, 0.2) is 24.0 Å². The second-order valence-electron chi connectivity index (χ2n) is 3.62. The predicted molar refractivity (Wildman–Crippen MR) is 65.8 cm³/mol. The van der Waals surface area contributed by atoms with E-state index in [1.807, 2.05) is 0 Å². The Labute approximate surface area is 108 Å². The second kappa shape index (κ2) is 6.30. The zero-order chi connectivity index (χ0) is 14.6. The summed E-state index contributed by atoms with van der Waals surface area (Å²) in [5.41, 5.74) is 9.94. The summed E-state index contributed by atoms with van der Waals surface area (Å²) < 4.78 is 43.3. The molecule has 0 unspecified atom stereocenters. The molecular weight excluding hydrogens is 261 g/mol. The van der Waals surface area contributed by atoms with Gasteiger partial charge in [-0.15, -0.1) is 0 Å². The van der Waals surface area contributed by atoms with Crippen LogP contribution in [0.3, 0.4) is 0 Å². The van der Waals surface area contributed by atoms with Gasteiger partial charge in [0, 0.05) is 18.3 Å². The molecule has 1 aromatic rings. The van der Waals surface area contributed by atoms with Gasteiger partial charge in [0.1, 0.15) is 0 Å². The third-order valence-electron chi connectivity index (χ3n) is 2.43. The molecule has 0 aliphatic rings. The number of methoxy groups -OCH3 is 1. The summed E-state index contributed by atoms with van der Waals surface area (Å²) in [5, 5.41) is 0.798. The lowest BCUT2D eigenvalue weighted by molar-refractivity contribution is 0.187. The number of allylic oxidation sites excluding steroid dienone is 1. The summed E-state index contributed by atoms with van der Waals surface area (Å²) in [6.07, 6.45) is -2.04. The number of halogens is 3. The molecule has 0 aromatic heterocycles. The Morgan fingerprint density at radius 1 is 1.47 bits per heavy atom. The van der Waals surface area contributed by atoms with Crippen molar-refractivity contribution >= 4 is 5.69 Å². The lowest BCUT2D eigenvalue weighted by Crippen LogP contribution is -2.29.